The number of halogens is 1. The van der Waals surface area contributed by atoms with E-state index in [1.54, 1.807) is 16.7 Å². The van der Waals surface area contributed by atoms with Gasteiger partial charge in [-0.05, 0) is 53.6 Å². The number of H-pyrrole nitrogens is 1. The fraction of sp³-hybridized carbons (Fsp3) is 0.138. The molecular formula is C29H20ClN5O4S. The van der Waals surface area contributed by atoms with Crippen LogP contribution in [0.3, 0.4) is 0 Å². The van der Waals surface area contributed by atoms with Gasteiger partial charge in [-0.25, -0.2) is 19.1 Å². The van der Waals surface area contributed by atoms with Crippen molar-refractivity contribution in [1.82, 2.24) is 24.3 Å². The summed E-state index contributed by atoms with van der Waals surface area (Å²) in [5, 5.41) is 4.76. The molecular weight excluding hydrogens is 550 g/mol. The molecule has 40 heavy (non-hydrogen) atoms. The van der Waals surface area contributed by atoms with Crippen LogP contribution in [0.4, 0.5) is 0 Å². The second-order valence-electron chi connectivity index (χ2n) is 9.67. The number of aromatic nitrogens is 5. The molecule has 0 amide bonds. The van der Waals surface area contributed by atoms with Gasteiger partial charge in [-0.3, -0.25) is 18.9 Å². The SMILES string of the molecule is O=c1[nH]c(-c2ccccc2-c2ccc(Cn3c(=O)n(-c4ccc(Cl)cn4)c(=O)c4cc(C5CC5)sc43)cc2)no1. The second-order valence-corrected chi connectivity index (χ2v) is 11.2. The Morgan fingerprint density at radius 3 is 2.45 bits per heavy atom. The van der Waals surface area contributed by atoms with E-state index in [0.717, 1.165) is 44.5 Å². The molecule has 0 bridgehead atoms. The molecule has 1 fully saturated rings. The van der Waals surface area contributed by atoms with Gasteiger partial charge in [-0.1, -0.05) is 65.3 Å². The summed E-state index contributed by atoms with van der Waals surface area (Å²) in [6.07, 6.45) is 3.61. The molecule has 11 heteroatoms. The Morgan fingerprint density at radius 2 is 1.77 bits per heavy atom. The number of nitrogens with one attached hydrogen (secondary N) is 1. The minimum absolute atomic E-state index is 0.229. The predicted octanol–water partition coefficient (Wildman–Crippen LogP) is 5.20. The highest BCUT2D eigenvalue weighted by Crippen LogP contribution is 2.44. The van der Waals surface area contributed by atoms with Crippen LogP contribution in [0.2, 0.25) is 5.02 Å². The zero-order chi connectivity index (χ0) is 27.4. The summed E-state index contributed by atoms with van der Waals surface area (Å²) in [6.45, 7) is 0.270. The van der Waals surface area contributed by atoms with E-state index in [2.05, 4.69) is 19.6 Å². The van der Waals surface area contributed by atoms with Gasteiger partial charge in [0.15, 0.2) is 5.82 Å². The summed E-state index contributed by atoms with van der Waals surface area (Å²) in [7, 11) is 0. The van der Waals surface area contributed by atoms with Crippen LogP contribution >= 0.6 is 22.9 Å². The summed E-state index contributed by atoms with van der Waals surface area (Å²) in [6, 6.07) is 20.5. The van der Waals surface area contributed by atoms with Crippen LogP contribution in [0.5, 0.6) is 0 Å². The van der Waals surface area contributed by atoms with Gasteiger partial charge in [0.2, 0.25) is 0 Å². The normalized spacial score (nSPS) is 13.2. The van der Waals surface area contributed by atoms with Gasteiger partial charge in [-0.15, -0.1) is 11.3 Å². The minimum Gasteiger partial charge on any atom is -0.296 e. The lowest BCUT2D eigenvalue weighted by molar-refractivity contribution is 0.388. The van der Waals surface area contributed by atoms with Crippen LogP contribution in [-0.4, -0.2) is 24.3 Å². The number of nitrogens with zero attached hydrogens (tertiary/aromatic N) is 4. The molecule has 1 saturated carbocycles. The number of thiophene rings is 1. The third-order valence-corrected chi connectivity index (χ3v) is 8.53. The standard InChI is InChI=1S/C29H20ClN5O4S/c30-19-11-12-24(31-14-19)35-26(36)22-13-23(18-9-10-18)40-27(22)34(29(35)38)15-16-5-7-17(8-6-16)20-3-1-2-4-21(20)25-32-28(37)39-33-25/h1-8,11-14,18H,9-10,15H2,(H,32,33,37). The molecule has 0 spiro atoms. The number of aromatic amines is 1. The van der Waals surface area contributed by atoms with Crippen molar-refractivity contribution < 1.29 is 4.52 Å². The highest BCUT2D eigenvalue weighted by Gasteiger charge is 2.28. The van der Waals surface area contributed by atoms with Crippen LogP contribution in [0, 0.1) is 0 Å². The lowest BCUT2D eigenvalue weighted by Gasteiger charge is -2.13. The summed E-state index contributed by atoms with van der Waals surface area (Å²) in [4.78, 5) is 47.4. The highest BCUT2D eigenvalue weighted by atomic mass is 35.5. The molecule has 1 aliphatic rings. The first kappa shape index (κ1) is 24.5. The van der Waals surface area contributed by atoms with Crippen molar-refractivity contribution in [3.63, 3.8) is 0 Å². The molecule has 0 radical (unpaired) electrons. The number of hydrogen-bond acceptors (Lipinski definition) is 7. The number of hydrogen-bond donors (Lipinski definition) is 1. The number of benzene rings is 2. The molecule has 1 aliphatic carbocycles. The van der Waals surface area contributed by atoms with Crippen LogP contribution in [0.1, 0.15) is 29.2 Å². The first-order chi connectivity index (χ1) is 19.5. The molecule has 198 valence electrons. The van der Waals surface area contributed by atoms with E-state index in [1.165, 1.54) is 17.5 Å². The Labute approximate surface area is 234 Å². The fourth-order valence-corrected chi connectivity index (χ4v) is 6.26. The van der Waals surface area contributed by atoms with E-state index in [9.17, 15) is 14.4 Å². The van der Waals surface area contributed by atoms with Gasteiger partial charge >= 0.3 is 11.4 Å². The Bertz CT molecular complexity index is 2070. The molecule has 9 nitrogen and oxygen atoms in total. The monoisotopic (exact) mass is 569 g/mol. The van der Waals surface area contributed by atoms with Gasteiger partial charge in [0.05, 0.1) is 17.0 Å². The van der Waals surface area contributed by atoms with Crippen molar-refractivity contribution in [2.45, 2.75) is 25.3 Å². The van der Waals surface area contributed by atoms with Gasteiger partial charge < -0.3 is 0 Å². The molecule has 0 saturated heterocycles. The quantitative estimate of drug-likeness (QED) is 0.295. The minimum atomic E-state index is -0.620. The first-order valence-electron chi connectivity index (χ1n) is 12.6. The molecule has 6 aromatic rings. The third kappa shape index (κ3) is 4.31. The average Bonchev–Trinajstić information content (AvgIpc) is 3.57. The lowest BCUT2D eigenvalue weighted by atomic mass is 9.98. The second kappa shape index (κ2) is 9.58. The molecule has 0 atom stereocenters. The largest absolute Gasteiger partial charge is 0.439 e. The number of rotatable bonds is 6. The average molecular weight is 570 g/mol. The van der Waals surface area contributed by atoms with Crippen molar-refractivity contribution in [3.05, 3.63) is 120 Å². The van der Waals surface area contributed by atoms with Crippen molar-refractivity contribution in [3.8, 4) is 28.3 Å². The molecule has 4 heterocycles. The molecule has 4 aromatic heterocycles. The zero-order valence-corrected chi connectivity index (χ0v) is 22.4. The van der Waals surface area contributed by atoms with E-state index in [-0.39, 0.29) is 17.9 Å². The van der Waals surface area contributed by atoms with Crippen molar-refractivity contribution in [2.75, 3.05) is 0 Å². The fourth-order valence-electron chi connectivity index (χ4n) is 4.84. The maximum absolute atomic E-state index is 13.8. The third-order valence-electron chi connectivity index (χ3n) is 6.98. The van der Waals surface area contributed by atoms with Gasteiger partial charge in [0.25, 0.3) is 5.56 Å². The van der Waals surface area contributed by atoms with Crippen LogP contribution in [0.25, 0.3) is 38.5 Å². The van der Waals surface area contributed by atoms with E-state index in [1.807, 2.05) is 54.6 Å². The summed E-state index contributed by atoms with van der Waals surface area (Å²) >= 11 is 7.52. The van der Waals surface area contributed by atoms with E-state index < -0.39 is 11.4 Å². The predicted molar refractivity (Wildman–Crippen MR) is 154 cm³/mol. The van der Waals surface area contributed by atoms with Gasteiger partial charge in [0, 0.05) is 16.6 Å². The zero-order valence-electron chi connectivity index (χ0n) is 20.8. The Hall–Kier alpha value is -4.54. The topological polar surface area (TPSA) is 116 Å². The van der Waals surface area contributed by atoms with E-state index in [4.69, 9.17) is 11.6 Å². The number of fused-ring (bicyclic) bond motifs is 1. The molecule has 0 aliphatic heterocycles. The van der Waals surface area contributed by atoms with E-state index >= 15 is 0 Å². The van der Waals surface area contributed by atoms with Crippen molar-refractivity contribution in [1.29, 1.82) is 0 Å². The van der Waals surface area contributed by atoms with Gasteiger partial charge in [-0.2, -0.15) is 0 Å². The molecule has 7 rings (SSSR count). The highest BCUT2D eigenvalue weighted by molar-refractivity contribution is 7.18. The summed E-state index contributed by atoms with van der Waals surface area (Å²) < 4.78 is 7.45. The molecule has 1 N–H and O–H groups in total. The number of pyridine rings is 1. The van der Waals surface area contributed by atoms with E-state index in [0.29, 0.717) is 27.0 Å². The first-order valence-corrected chi connectivity index (χ1v) is 13.8. The maximum Gasteiger partial charge on any atom is 0.439 e. The smallest absolute Gasteiger partial charge is 0.296 e. The summed E-state index contributed by atoms with van der Waals surface area (Å²) in [5.74, 6) is 0.403. The Morgan fingerprint density at radius 1 is 1.00 bits per heavy atom. The van der Waals surface area contributed by atoms with Crippen LogP contribution < -0.4 is 17.0 Å². The Kier molecular flexibility index (Phi) is 5.87. The maximum atomic E-state index is 13.8. The lowest BCUT2D eigenvalue weighted by Crippen LogP contribution is -2.39. The van der Waals surface area contributed by atoms with Crippen molar-refractivity contribution >= 4 is 33.2 Å². The Balaban J connectivity index is 1.31. The van der Waals surface area contributed by atoms with Crippen molar-refractivity contribution in [2.24, 2.45) is 0 Å². The van der Waals surface area contributed by atoms with Gasteiger partial charge in [0.1, 0.15) is 10.6 Å². The summed E-state index contributed by atoms with van der Waals surface area (Å²) in [5.41, 5.74) is 2.55. The van der Waals surface area contributed by atoms with Crippen LogP contribution in [-0.2, 0) is 6.54 Å². The van der Waals surface area contributed by atoms with Crippen LogP contribution in [0.15, 0.2) is 91.8 Å². The molecule has 2 aromatic carbocycles. The molecule has 0 unspecified atom stereocenters.